The summed E-state index contributed by atoms with van der Waals surface area (Å²) in [6.45, 7) is 15.4. The van der Waals surface area contributed by atoms with Gasteiger partial charge in [-0.1, -0.05) is 51.8 Å². The molecule has 0 aliphatic heterocycles. The van der Waals surface area contributed by atoms with Crippen molar-refractivity contribution in [2.24, 2.45) is 0 Å². The van der Waals surface area contributed by atoms with Crippen molar-refractivity contribution < 1.29 is 14.3 Å². The summed E-state index contributed by atoms with van der Waals surface area (Å²) in [5.41, 5.74) is 1.97. The number of rotatable bonds is 10. The van der Waals surface area contributed by atoms with Crippen LogP contribution in [0, 0.1) is 0 Å². The highest BCUT2D eigenvalue weighted by Crippen LogP contribution is 2.36. The third kappa shape index (κ3) is 6.95. The summed E-state index contributed by atoms with van der Waals surface area (Å²) < 4.78 is 11.9. The van der Waals surface area contributed by atoms with Gasteiger partial charge in [0.1, 0.15) is 0 Å². The third-order valence-electron chi connectivity index (χ3n) is 5.01. The fourth-order valence-electron chi connectivity index (χ4n) is 2.32. The maximum absolute atomic E-state index is 9.58. The van der Waals surface area contributed by atoms with Gasteiger partial charge in [0.25, 0.3) is 0 Å². The molecule has 1 aliphatic carbocycles. The molecule has 0 atom stereocenters. The van der Waals surface area contributed by atoms with Gasteiger partial charge in [0.2, 0.25) is 0 Å². The van der Waals surface area contributed by atoms with Crippen molar-refractivity contribution >= 4 is 8.32 Å². The van der Waals surface area contributed by atoms with Gasteiger partial charge in [0.15, 0.2) is 8.32 Å². The average Bonchev–Trinajstić information content (AvgIpc) is 2.92. The highest BCUT2D eigenvalue weighted by atomic mass is 28.4. The van der Waals surface area contributed by atoms with E-state index in [9.17, 15) is 5.11 Å². The van der Waals surface area contributed by atoms with E-state index in [1.807, 2.05) is 18.2 Å². The molecule has 0 amide bonds. The van der Waals surface area contributed by atoms with Crippen molar-refractivity contribution in [3.05, 3.63) is 35.1 Å². The lowest BCUT2D eigenvalue weighted by Crippen LogP contribution is -2.40. The van der Waals surface area contributed by atoms with Crippen molar-refractivity contribution in [3.8, 4) is 0 Å². The summed E-state index contributed by atoms with van der Waals surface area (Å²) in [6, 6.07) is 0. The zero-order chi connectivity index (χ0) is 18.2. The first-order chi connectivity index (χ1) is 11.1. The lowest BCUT2D eigenvalue weighted by atomic mass is 10.1. The van der Waals surface area contributed by atoms with Gasteiger partial charge in [0, 0.05) is 18.8 Å². The van der Waals surface area contributed by atoms with Crippen LogP contribution >= 0.6 is 0 Å². The van der Waals surface area contributed by atoms with Gasteiger partial charge >= 0.3 is 0 Å². The maximum Gasteiger partial charge on any atom is 0.191 e. The number of hydrogen-bond acceptors (Lipinski definition) is 3. The summed E-state index contributed by atoms with van der Waals surface area (Å²) >= 11 is 0. The van der Waals surface area contributed by atoms with E-state index in [1.165, 1.54) is 12.8 Å². The number of aliphatic hydroxyl groups is 1. The van der Waals surface area contributed by atoms with Gasteiger partial charge < -0.3 is 14.3 Å². The minimum Gasteiger partial charge on any atom is -0.512 e. The van der Waals surface area contributed by atoms with Crippen LogP contribution in [0.2, 0.25) is 18.1 Å². The second-order valence-electron chi connectivity index (χ2n) is 8.13. The molecule has 0 heterocycles. The summed E-state index contributed by atoms with van der Waals surface area (Å²) in [6.07, 6.45) is 10.5. The standard InChI is InChI=1S/C20H36O3Si/c1-17(21)19-13-11-12-18(19)16-22-14-9-7-8-10-15-23-24(5,6)20(2,3)4/h11-13,21H,7-10,14-16H2,1-6H3. The average molecular weight is 353 g/mol. The number of hydrogen-bond donors (Lipinski definition) is 1. The Labute approximate surface area is 149 Å². The van der Waals surface area contributed by atoms with Crippen LogP contribution in [0.15, 0.2) is 35.1 Å². The molecule has 0 aromatic carbocycles. The minimum absolute atomic E-state index is 0.296. The maximum atomic E-state index is 9.58. The SMILES string of the molecule is CC(O)=C1C=CC=C1COCCCCCCO[Si](C)(C)C(C)(C)C. The second-order valence-corrected chi connectivity index (χ2v) is 12.9. The number of aliphatic hydroxyl groups excluding tert-OH is 1. The summed E-state index contributed by atoms with van der Waals surface area (Å²) in [4.78, 5) is 0. The smallest absolute Gasteiger partial charge is 0.191 e. The third-order valence-corrected chi connectivity index (χ3v) is 9.54. The molecule has 138 valence electrons. The van der Waals surface area contributed by atoms with Gasteiger partial charge in [-0.2, -0.15) is 0 Å². The Morgan fingerprint density at radius 3 is 2.29 bits per heavy atom. The molecule has 4 heteroatoms. The van der Waals surface area contributed by atoms with Gasteiger partial charge in [0.05, 0.1) is 12.4 Å². The Bertz CT molecular complexity index is 478. The first-order valence-electron chi connectivity index (χ1n) is 9.14. The van der Waals surface area contributed by atoms with E-state index in [1.54, 1.807) is 6.92 Å². The van der Waals surface area contributed by atoms with E-state index in [0.29, 0.717) is 17.4 Å². The summed E-state index contributed by atoms with van der Waals surface area (Å²) in [5, 5.41) is 9.87. The molecule has 1 aliphatic rings. The van der Waals surface area contributed by atoms with Gasteiger partial charge in [-0.25, -0.2) is 0 Å². The molecule has 3 nitrogen and oxygen atoms in total. The summed E-state index contributed by atoms with van der Waals surface area (Å²) in [7, 11) is -1.58. The predicted molar refractivity (Wildman–Crippen MR) is 105 cm³/mol. The Balaban J connectivity index is 2.03. The molecule has 1 N–H and O–H groups in total. The molecule has 0 bridgehead atoms. The normalized spacial score (nSPS) is 17.3. The Hall–Kier alpha value is -0.843. The Kier molecular flexibility index (Phi) is 8.47. The zero-order valence-corrected chi connectivity index (χ0v) is 17.4. The Morgan fingerprint density at radius 1 is 1.08 bits per heavy atom. The fraction of sp³-hybridized carbons (Fsp3) is 0.700. The summed E-state index contributed by atoms with van der Waals surface area (Å²) in [5.74, 6) is 0.361. The van der Waals surface area contributed by atoms with Crippen LogP contribution in [-0.2, 0) is 9.16 Å². The molecule has 0 fully saturated rings. The zero-order valence-electron chi connectivity index (χ0n) is 16.4. The molecule has 0 radical (unpaired) electrons. The molecule has 0 aromatic rings. The molecular weight excluding hydrogens is 316 g/mol. The fourth-order valence-corrected chi connectivity index (χ4v) is 3.41. The van der Waals surface area contributed by atoms with Crippen LogP contribution in [-0.4, -0.2) is 33.2 Å². The first-order valence-corrected chi connectivity index (χ1v) is 12.0. The van der Waals surface area contributed by atoms with Crippen LogP contribution < -0.4 is 0 Å². The van der Waals surface area contributed by atoms with Gasteiger partial charge in [-0.15, -0.1) is 0 Å². The molecule has 24 heavy (non-hydrogen) atoms. The molecule has 0 aromatic heterocycles. The van der Waals surface area contributed by atoms with Crippen molar-refractivity contribution in [2.75, 3.05) is 19.8 Å². The lowest BCUT2D eigenvalue weighted by molar-refractivity contribution is 0.151. The van der Waals surface area contributed by atoms with Crippen molar-refractivity contribution in [2.45, 2.75) is 71.5 Å². The quantitative estimate of drug-likeness (QED) is 0.301. The predicted octanol–water partition coefficient (Wildman–Crippen LogP) is 5.91. The van der Waals surface area contributed by atoms with Crippen molar-refractivity contribution in [1.82, 2.24) is 0 Å². The molecule has 1 rings (SSSR count). The number of unbranched alkanes of at least 4 members (excludes halogenated alkanes) is 3. The van der Waals surface area contributed by atoms with Crippen LogP contribution in [0.5, 0.6) is 0 Å². The topological polar surface area (TPSA) is 38.7 Å². The van der Waals surface area contributed by atoms with Crippen LogP contribution in [0.1, 0.15) is 53.4 Å². The van der Waals surface area contributed by atoms with Crippen molar-refractivity contribution in [1.29, 1.82) is 0 Å². The van der Waals surface area contributed by atoms with E-state index < -0.39 is 8.32 Å². The molecule has 0 saturated heterocycles. The van der Waals surface area contributed by atoms with E-state index in [0.717, 1.165) is 37.2 Å². The van der Waals surface area contributed by atoms with Gasteiger partial charge in [-0.05, 0) is 43.5 Å². The van der Waals surface area contributed by atoms with E-state index in [-0.39, 0.29) is 0 Å². The van der Waals surface area contributed by atoms with Gasteiger partial charge in [-0.3, -0.25) is 0 Å². The lowest BCUT2D eigenvalue weighted by Gasteiger charge is -2.36. The molecule has 0 unspecified atom stereocenters. The molecule has 0 spiro atoms. The minimum atomic E-state index is -1.58. The monoisotopic (exact) mass is 352 g/mol. The molecule has 0 saturated carbocycles. The second kappa shape index (κ2) is 9.59. The van der Waals surface area contributed by atoms with Crippen LogP contribution in [0.3, 0.4) is 0 Å². The van der Waals surface area contributed by atoms with Crippen LogP contribution in [0.25, 0.3) is 0 Å². The molecular formula is C20H36O3Si. The van der Waals surface area contributed by atoms with E-state index in [2.05, 4.69) is 33.9 Å². The number of allylic oxidation sites excluding steroid dienone is 4. The van der Waals surface area contributed by atoms with E-state index in [4.69, 9.17) is 9.16 Å². The van der Waals surface area contributed by atoms with Crippen molar-refractivity contribution in [3.63, 3.8) is 0 Å². The highest BCUT2D eigenvalue weighted by molar-refractivity contribution is 6.74. The highest BCUT2D eigenvalue weighted by Gasteiger charge is 2.36. The Morgan fingerprint density at radius 2 is 1.71 bits per heavy atom. The van der Waals surface area contributed by atoms with Crippen LogP contribution in [0.4, 0.5) is 0 Å². The largest absolute Gasteiger partial charge is 0.512 e. The number of ether oxygens (including phenoxy) is 1. The van der Waals surface area contributed by atoms with E-state index >= 15 is 0 Å². The first kappa shape index (κ1) is 21.2.